The number of benzene rings is 2. The standard InChI is InChI=1S/C58H73F2N9O14S/c1-58(2,3)55(47-31-41(43-32-42(59)10-11-44(43)60)35-67(47)34-40-8-5-4-6-9-40)68(21-7-17-64-56(77)45(33-48(61)70)65-50(72)30-39-14-18-62-19-15-39)54(76)38-84-37-46(57(78)79)66-49(71)16-22-80-24-26-82-28-29-83-27-25-81-23-20-63-51(73)36-69-52(74)12-13-53(69)75/h4-6,8-15,18-19,31-32,35,45-46,55H,7,16-17,20-30,33-34,36-38H2,1-3H3,(H2,61,70)(H,63,73)(H,64,77)(H,65,72)(H,66,71)(H,78,79). The Morgan fingerprint density at radius 3 is 2.01 bits per heavy atom. The van der Waals surface area contributed by atoms with Gasteiger partial charge in [0.2, 0.25) is 35.4 Å². The molecule has 0 radical (unpaired) electrons. The Balaban J connectivity index is 1.15. The van der Waals surface area contributed by atoms with Crippen molar-refractivity contribution in [3.05, 3.63) is 126 Å². The Bertz CT molecular complexity index is 2870. The largest absolute Gasteiger partial charge is 0.480 e. The van der Waals surface area contributed by atoms with E-state index in [1.165, 1.54) is 12.4 Å². The lowest BCUT2D eigenvalue weighted by Crippen LogP contribution is -2.49. The van der Waals surface area contributed by atoms with E-state index in [1.54, 1.807) is 29.3 Å². The summed E-state index contributed by atoms with van der Waals surface area (Å²) in [6, 6.07) is 14.0. The molecule has 0 aliphatic carbocycles. The lowest BCUT2D eigenvalue weighted by molar-refractivity contribution is -0.141. The van der Waals surface area contributed by atoms with Crippen molar-refractivity contribution in [1.29, 1.82) is 0 Å². The number of carbonyl (C=O) groups excluding carboxylic acids is 8. The van der Waals surface area contributed by atoms with Gasteiger partial charge in [0.1, 0.15) is 30.3 Å². The lowest BCUT2D eigenvalue weighted by Gasteiger charge is -2.41. The molecule has 2 aromatic heterocycles. The maximum atomic E-state index is 15.5. The van der Waals surface area contributed by atoms with Crippen LogP contribution in [0.15, 0.2) is 97.5 Å². The van der Waals surface area contributed by atoms with Gasteiger partial charge in [0.15, 0.2) is 0 Å². The third-order valence-electron chi connectivity index (χ3n) is 12.6. The summed E-state index contributed by atoms with van der Waals surface area (Å²) >= 11 is 0.977. The summed E-state index contributed by atoms with van der Waals surface area (Å²) in [4.78, 5) is 120. The summed E-state index contributed by atoms with van der Waals surface area (Å²) in [5.74, 6) is -7.79. The van der Waals surface area contributed by atoms with E-state index < -0.39 is 94.8 Å². The van der Waals surface area contributed by atoms with Gasteiger partial charge in [-0.15, -0.1) is 11.8 Å². The Hall–Kier alpha value is -7.91. The van der Waals surface area contributed by atoms with Crippen LogP contribution in [0.3, 0.4) is 0 Å². The Labute approximate surface area is 489 Å². The fourth-order valence-electron chi connectivity index (χ4n) is 8.70. The minimum atomic E-state index is -1.39. The van der Waals surface area contributed by atoms with Crippen LogP contribution in [0.5, 0.6) is 0 Å². The molecule has 5 rings (SSSR count). The van der Waals surface area contributed by atoms with Crippen molar-refractivity contribution in [1.82, 2.24) is 40.6 Å². The smallest absolute Gasteiger partial charge is 0.327 e. The Morgan fingerprint density at radius 1 is 0.750 bits per heavy atom. The molecule has 0 saturated heterocycles. The highest BCUT2D eigenvalue weighted by atomic mass is 32.2. The molecule has 4 aromatic rings. The van der Waals surface area contributed by atoms with Crippen molar-refractivity contribution in [3.63, 3.8) is 0 Å². The van der Waals surface area contributed by atoms with Gasteiger partial charge in [-0.1, -0.05) is 51.1 Å². The molecule has 3 heterocycles. The highest BCUT2D eigenvalue weighted by molar-refractivity contribution is 8.00. The lowest BCUT2D eigenvalue weighted by atomic mass is 9.83. The number of pyridine rings is 1. The van der Waals surface area contributed by atoms with Crippen LogP contribution in [0.2, 0.25) is 0 Å². The quantitative estimate of drug-likeness (QED) is 0.0278. The highest BCUT2D eigenvalue weighted by Gasteiger charge is 2.38. The van der Waals surface area contributed by atoms with Crippen molar-refractivity contribution < 1.29 is 76.0 Å². The van der Waals surface area contributed by atoms with Gasteiger partial charge in [-0.25, -0.2) is 13.6 Å². The molecule has 23 nitrogen and oxygen atoms in total. The molecule has 0 spiro atoms. The van der Waals surface area contributed by atoms with Crippen molar-refractivity contribution in [2.24, 2.45) is 11.1 Å². The number of halogens is 2. The molecule has 7 N–H and O–H groups in total. The summed E-state index contributed by atoms with van der Waals surface area (Å²) in [5, 5.41) is 20.5. The minimum Gasteiger partial charge on any atom is -0.480 e. The first-order valence-electron chi connectivity index (χ1n) is 27.1. The number of nitrogens with two attached hydrogens (primary N) is 1. The molecular weight excluding hydrogens is 1120 g/mol. The second-order valence-electron chi connectivity index (χ2n) is 20.3. The van der Waals surface area contributed by atoms with Gasteiger partial charge in [-0.2, -0.15) is 0 Å². The number of carbonyl (C=O) groups is 9. The van der Waals surface area contributed by atoms with Gasteiger partial charge >= 0.3 is 5.97 Å². The number of aliphatic carboxylic acids is 1. The first kappa shape index (κ1) is 66.9. The third-order valence-corrected chi connectivity index (χ3v) is 13.7. The first-order valence-corrected chi connectivity index (χ1v) is 28.3. The number of imide groups is 1. The van der Waals surface area contributed by atoms with E-state index in [0.29, 0.717) is 16.8 Å². The molecule has 0 bridgehead atoms. The van der Waals surface area contributed by atoms with E-state index in [2.05, 4.69) is 26.3 Å². The molecular formula is C58H73F2N9O14S. The molecule has 1 aliphatic rings. The molecule has 26 heteroatoms. The van der Waals surface area contributed by atoms with Crippen molar-refractivity contribution in [3.8, 4) is 11.1 Å². The average molecular weight is 1190 g/mol. The van der Waals surface area contributed by atoms with Crippen molar-refractivity contribution in [2.45, 2.75) is 71.1 Å². The average Bonchev–Trinajstić information content (AvgIpc) is 2.25. The molecule has 8 amide bonds. The third kappa shape index (κ3) is 23.0. The molecule has 0 fully saturated rings. The highest BCUT2D eigenvalue weighted by Crippen LogP contribution is 2.41. The molecule has 84 heavy (non-hydrogen) atoms. The number of hydrogen-bond acceptors (Lipinski definition) is 15. The van der Waals surface area contributed by atoms with Crippen LogP contribution in [0.1, 0.15) is 62.9 Å². The molecule has 1 aliphatic heterocycles. The Kier molecular flexibility index (Phi) is 27.6. The summed E-state index contributed by atoms with van der Waals surface area (Å²) < 4.78 is 53.8. The number of ether oxygens (including phenoxy) is 4. The normalized spacial score (nSPS) is 13.3. The number of carboxylic acid groups (broad SMARTS) is 1. The zero-order valence-electron chi connectivity index (χ0n) is 47.2. The SMILES string of the molecule is CC(C)(C)C(c1cc(-c2cc(F)ccc2F)cn1Cc1ccccc1)N(CCCNC(=O)C(CC(N)=O)NC(=O)Cc1ccncc1)C(=O)CSCC(NC(=O)CCOCCOCCOCCOCCNC(=O)CN1C(=O)C=CC1=O)C(=O)O. The summed E-state index contributed by atoms with van der Waals surface area (Å²) in [5.41, 5.74) is 7.12. The molecule has 3 unspecified atom stereocenters. The summed E-state index contributed by atoms with van der Waals surface area (Å²) in [6.07, 6.45) is 6.32. The number of amides is 8. The Morgan fingerprint density at radius 2 is 1.38 bits per heavy atom. The van der Waals surface area contributed by atoms with Crippen LogP contribution in [0, 0.1) is 17.0 Å². The fourth-order valence-corrected chi connectivity index (χ4v) is 9.62. The van der Waals surface area contributed by atoms with Gasteiger partial charge in [0, 0.05) is 85.9 Å². The predicted octanol–water partition coefficient (Wildman–Crippen LogP) is 2.70. The molecule has 454 valence electrons. The number of hydrogen-bond donors (Lipinski definition) is 6. The fraction of sp³-hybridized carbons (Fsp3) is 0.448. The van der Waals surface area contributed by atoms with E-state index in [1.807, 2.05) is 55.7 Å². The maximum Gasteiger partial charge on any atom is 0.327 e. The predicted molar refractivity (Wildman–Crippen MR) is 304 cm³/mol. The summed E-state index contributed by atoms with van der Waals surface area (Å²) in [7, 11) is 0. The van der Waals surface area contributed by atoms with E-state index in [4.69, 9.17) is 24.7 Å². The van der Waals surface area contributed by atoms with Crippen LogP contribution in [0.25, 0.3) is 11.1 Å². The summed E-state index contributed by atoms with van der Waals surface area (Å²) in [6.45, 7) is 7.26. The number of primary amides is 1. The molecule has 3 atom stereocenters. The number of nitrogens with zero attached hydrogens (tertiary/aromatic N) is 4. The van der Waals surface area contributed by atoms with Crippen molar-refractivity contribution in [2.75, 3.05) is 90.5 Å². The van der Waals surface area contributed by atoms with Gasteiger partial charge in [-0.3, -0.25) is 48.2 Å². The van der Waals surface area contributed by atoms with Gasteiger partial charge in [0.25, 0.3) is 11.8 Å². The monoisotopic (exact) mass is 1190 g/mol. The number of carboxylic acids is 1. The molecule has 2 aromatic carbocycles. The van der Waals surface area contributed by atoms with E-state index in [9.17, 15) is 52.6 Å². The van der Waals surface area contributed by atoms with Crippen LogP contribution >= 0.6 is 11.8 Å². The van der Waals surface area contributed by atoms with Crippen LogP contribution in [-0.2, 0) is 75.1 Å². The van der Waals surface area contributed by atoms with E-state index >= 15 is 4.39 Å². The number of aromatic nitrogens is 2. The van der Waals surface area contributed by atoms with Gasteiger partial charge in [-0.05, 0) is 59.4 Å². The molecule has 0 saturated carbocycles. The second kappa shape index (κ2) is 34.6. The second-order valence-corrected chi connectivity index (χ2v) is 21.4. The van der Waals surface area contributed by atoms with E-state index in [-0.39, 0.29) is 122 Å². The number of rotatable bonds is 38. The number of nitrogens with one attached hydrogen (secondary N) is 4. The van der Waals surface area contributed by atoms with Crippen LogP contribution in [-0.4, -0.2) is 180 Å². The van der Waals surface area contributed by atoms with E-state index in [0.717, 1.165) is 52.6 Å². The first-order chi connectivity index (χ1) is 40.2. The van der Waals surface area contributed by atoms with Gasteiger partial charge in [0.05, 0.1) is 77.5 Å². The topological polar surface area (TPSA) is 309 Å². The van der Waals surface area contributed by atoms with Crippen molar-refractivity contribution >= 4 is 65.0 Å². The maximum absolute atomic E-state index is 15.5. The zero-order valence-corrected chi connectivity index (χ0v) is 48.0. The van der Waals surface area contributed by atoms with Gasteiger partial charge < -0.3 is 60.5 Å². The minimum absolute atomic E-state index is 0.000231. The van der Waals surface area contributed by atoms with Crippen LogP contribution < -0.4 is 27.0 Å². The van der Waals surface area contributed by atoms with Crippen LogP contribution in [0.4, 0.5) is 8.78 Å². The zero-order chi connectivity index (χ0) is 61.0. The number of thioether (sulfide) groups is 1.